The molecule has 4 atom stereocenters. The molecular weight excluding hydrogens is 485 g/mol. The molecule has 0 spiro atoms. The molecule has 0 bridgehead atoms. The molecule has 0 radical (unpaired) electrons. The molecule has 0 aromatic heterocycles. The number of halogens is 1. The lowest BCUT2D eigenvalue weighted by Crippen LogP contribution is -2.47. The Kier molecular flexibility index (Phi) is 9.17. The zero-order valence-electron chi connectivity index (χ0n) is 21.7. The van der Waals surface area contributed by atoms with Crippen LogP contribution in [0.1, 0.15) is 55.3 Å². The average molecular weight is 520 g/mol. The van der Waals surface area contributed by atoms with Gasteiger partial charge in [0.1, 0.15) is 11.9 Å². The minimum atomic E-state index is -0.754. The fourth-order valence-corrected chi connectivity index (χ4v) is 5.48. The Hall–Kier alpha value is -3.23. The molecule has 1 aliphatic rings. The smallest absolute Gasteiger partial charge is 0.191 e. The molecule has 7 heteroatoms. The third-order valence-corrected chi connectivity index (χ3v) is 7.65. The number of ether oxygens (including phenoxy) is 1. The van der Waals surface area contributed by atoms with Crippen molar-refractivity contribution in [2.75, 3.05) is 20.2 Å². The molecule has 0 saturated carbocycles. The summed E-state index contributed by atoms with van der Waals surface area (Å²) < 4.78 is 20.4. The molecular formula is C31H34FNO5. The van der Waals surface area contributed by atoms with E-state index in [4.69, 9.17) is 4.74 Å². The number of ketones is 2. The molecule has 38 heavy (non-hydrogen) atoms. The summed E-state index contributed by atoms with van der Waals surface area (Å²) in [5.41, 5.74) is 3.69. The molecule has 0 aliphatic carbocycles. The van der Waals surface area contributed by atoms with Crippen molar-refractivity contribution in [3.05, 3.63) is 106 Å². The van der Waals surface area contributed by atoms with Gasteiger partial charge in [-0.05, 0) is 60.0 Å². The number of hydrogen-bond acceptors (Lipinski definition) is 6. The second-order valence-corrected chi connectivity index (χ2v) is 9.90. The summed E-state index contributed by atoms with van der Waals surface area (Å²) in [5.74, 6) is -1.58. The highest BCUT2D eigenvalue weighted by molar-refractivity contribution is 6.00. The second kappa shape index (κ2) is 12.5. The van der Waals surface area contributed by atoms with Gasteiger partial charge in [-0.1, -0.05) is 60.7 Å². The molecule has 200 valence electrons. The van der Waals surface area contributed by atoms with Crippen LogP contribution in [0.15, 0.2) is 66.7 Å². The van der Waals surface area contributed by atoms with Crippen LogP contribution in [0.5, 0.6) is 0 Å². The first kappa shape index (κ1) is 27.8. The number of aliphatic hydroxyl groups excluding tert-OH is 2. The van der Waals surface area contributed by atoms with Crippen LogP contribution in [0.25, 0.3) is 0 Å². The molecule has 3 aromatic carbocycles. The number of methoxy groups -OCH3 is 1. The van der Waals surface area contributed by atoms with E-state index < -0.39 is 12.0 Å². The molecule has 4 rings (SSSR count). The molecule has 6 nitrogen and oxygen atoms in total. The Balaban J connectivity index is 1.67. The molecule has 3 N–H and O–H groups in total. The zero-order chi connectivity index (χ0) is 27.2. The molecule has 3 aromatic rings. The fraction of sp³-hybridized carbons (Fsp3) is 0.355. The Labute approximate surface area is 222 Å². The Morgan fingerprint density at radius 1 is 0.947 bits per heavy atom. The SMILES string of the molecule is COC(C[C@H]1CNC[C@@H](C(=O)c2ccc(CO)cc2)C1c1cccc(F)c1C)C(=O)c1ccc(CO)cc1. The summed E-state index contributed by atoms with van der Waals surface area (Å²) in [6, 6.07) is 18.6. The van der Waals surface area contributed by atoms with E-state index in [1.54, 1.807) is 61.5 Å². The Bertz CT molecular complexity index is 1260. The normalized spacial score (nSPS) is 20.2. The summed E-state index contributed by atoms with van der Waals surface area (Å²) in [4.78, 5) is 27.1. The van der Waals surface area contributed by atoms with Gasteiger partial charge in [-0.2, -0.15) is 0 Å². The van der Waals surface area contributed by atoms with Crippen molar-refractivity contribution >= 4 is 11.6 Å². The predicted octanol–water partition coefficient (Wildman–Crippen LogP) is 4.21. The quantitative estimate of drug-likeness (QED) is 0.348. The average Bonchev–Trinajstić information content (AvgIpc) is 2.96. The van der Waals surface area contributed by atoms with Gasteiger partial charge in [0.15, 0.2) is 11.6 Å². The van der Waals surface area contributed by atoms with Crippen molar-refractivity contribution in [1.29, 1.82) is 0 Å². The summed E-state index contributed by atoms with van der Waals surface area (Å²) in [6.45, 7) is 2.48. The number of nitrogens with one attached hydrogen (secondary N) is 1. The maximum absolute atomic E-state index is 14.7. The number of rotatable bonds is 10. The second-order valence-electron chi connectivity index (χ2n) is 9.90. The Morgan fingerprint density at radius 2 is 1.55 bits per heavy atom. The summed E-state index contributed by atoms with van der Waals surface area (Å²) in [5, 5.41) is 22.1. The van der Waals surface area contributed by atoms with Crippen molar-refractivity contribution < 1.29 is 28.9 Å². The maximum Gasteiger partial charge on any atom is 0.191 e. The van der Waals surface area contributed by atoms with Crippen molar-refractivity contribution in [2.24, 2.45) is 11.8 Å². The first-order valence-corrected chi connectivity index (χ1v) is 12.8. The van der Waals surface area contributed by atoms with E-state index in [-0.39, 0.29) is 42.4 Å². The van der Waals surface area contributed by atoms with Crippen LogP contribution in [0.3, 0.4) is 0 Å². The van der Waals surface area contributed by atoms with Crippen LogP contribution in [-0.2, 0) is 18.0 Å². The van der Waals surface area contributed by atoms with Crippen molar-refractivity contribution in [2.45, 2.75) is 38.6 Å². The topological polar surface area (TPSA) is 95.9 Å². The number of benzene rings is 3. The van der Waals surface area contributed by atoms with Crippen molar-refractivity contribution in [1.82, 2.24) is 5.32 Å². The number of carbonyl (C=O) groups excluding carboxylic acids is 2. The monoisotopic (exact) mass is 519 g/mol. The zero-order valence-corrected chi connectivity index (χ0v) is 21.7. The summed E-state index contributed by atoms with van der Waals surface area (Å²) in [7, 11) is 1.49. The van der Waals surface area contributed by atoms with Crippen LogP contribution in [0.4, 0.5) is 4.39 Å². The van der Waals surface area contributed by atoms with Crippen LogP contribution in [0, 0.1) is 24.6 Å². The lowest BCUT2D eigenvalue weighted by molar-refractivity contribution is 0.0460. The van der Waals surface area contributed by atoms with Gasteiger partial charge < -0.3 is 20.3 Å². The van der Waals surface area contributed by atoms with Crippen LogP contribution in [-0.4, -0.2) is 48.1 Å². The first-order valence-electron chi connectivity index (χ1n) is 12.8. The van der Waals surface area contributed by atoms with E-state index in [0.29, 0.717) is 47.3 Å². The minimum absolute atomic E-state index is 0.0692. The van der Waals surface area contributed by atoms with Gasteiger partial charge in [0.05, 0.1) is 13.2 Å². The lowest BCUT2D eigenvalue weighted by atomic mass is 9.68. The molecule has 1 heterocycles. The highest BCUT2D eigenvalue weighted by atomic mass is 19.1. The van der Waals surface area contributed by atoms with E-state index >= 15 is 0 Å². The van der Waals surface area contributed by atoms with Crippen LogP contribution < -0.4 is 5.32 Å². The summed E-state index contributed by atoms with van der Waals surface area (Å²) >= 11 is 0. The van der Waals surface area contributed by atoms with E-state index in [9.17, 15) is 24.2 Å². The fourth-order valence-electron chi connectivity index (χ4n) is 5.48. The third-order valence-electron chi connectivity index (χ3n) is 7.65. The first-order chi connectivity index (χ1) is 18.4. The maximum atomic E-state index is 14.7. The van der Waals surface area contributed by atoms with Gasteiger partial charge >= 0.3 is 0 Å². The minimum Gasteiger partial charge on any atom is -0.392 e. The number of carbonyl (C=O) groups is 2. The number of aliphatic hydroxyl groups is 2. The van der Waals surface area contributed by atoms with E-state index in [2.05, 4.69) is 5.32 Å². The van der Waals surface area contributed by atoms with Gasteiger partial charge in [0.25, 0.3) is 0 Å². The lowest BCUT2D eigenvalue weighted by Gasteiger charge is -2.40. The highest BCUT2D eigenvalue weighted by Crippen LogP contribution is 2.41. The van der Waals surface area contributed by atoms with Crippen LogP contribution >= 0.6 is 0 Å². The Morgan fingerprint density at radius 3 is 2.13 bits per heavy atom. The van der Waals surface area contributed by atoms with Crippen molar-refractivity contribution in [3.63, 3.8) is 0 Å². The highest BCUT2D eigenvalue weighted by Gasteiger charge is 2.41. The summed E-state index contributed by atoms with van der Waals surface area (Å²) in [6.07, 6.45) is -0.409. The predicted molar refractivity (Wildman–Crippen MR) is 143 cm³/mol. The van der Waals surface area contributed by atoms with E-state index in [1.165, 1.54) is 13.2 Å². The number of Topliss-reactive ketones (excluding diaryl/α,β-unsaturated/α-hetero) is 2. The number of hydrogen-bond donors (Lipinski definition) is 3. The third kappa shape index (κ3) is 5.92. The largest absolute Gasteiger partial charge is 0.392 e. The molecule has 1 aliphatic heterocycles. The van der Waals surface area contributed by atoms with E-state index in [1.807, 2.05) is 6.07 Å². The number of piperidine rings is 1. The molecule has 2 unspecified atom stereocenters. The standard InChI is InChI=1S/C31H34FNO5/c1-19-25(4-3-5-27(19)32)29-24(14-28(38-2)31(37)23-12-8-21(18-35)9-13-23)15-33-16-26(29)30(36)22-10-6-20(17-34)7-11-22/h3-13,24,26,28-29,33-35H,14-18H2,1-2H3/t24-,26+,28?,29?/m0/s1. The van der Waals surface area contributed by atoms with Crippen LogP contribution in [0.2, 0.25) is 0 Å². The molecule has 0 amide bonds. The molecule has 1 saturated heterocycles. The van der Waals surface area contributed by atoms with E-state index in [0.717, 1.165) is 5.56 Å². The van der Waals surface area contributed by atoms with Gasteiger partial charge in [-0.3, -0.25) is 9.59 Å². The van der Waals surface area contributed by atoms with Gasteiger partial charge in [-0.15, -0.1) is 0 Å². The van der Waals surface area contributed by atoms with Gasteiger partial charge in [0, 0.05) is 30.7 Å². The van der Waals surface area contributed by atoms with Crippen molar-refractivity contribution in [3.8, 4) is 0 Å². The molecule has 1 fully saturated rings. The van der Waals surface area contributed by atoms with Gasteiger partial charge in [-0.25, -0.2) is 4.39 Å². The van der Waals surface area contributed by atoms with Gasteiger partial charge in [0.2, 0.25) is 0 Å².